The molecule has 3 saturated heterocycles. The molecule has 0 aromatic heterocycles. The highest BCUT2D eigenvalue weighted by molar-refractivity contribution is 7.99. The number of rotatable bonds is 7. The van der Waals surface area contributed by atoms with Gasteiger partial charge < -0.3 is 34.5 Å². The number of piperazine rings is 1. The van der Waals surface area contributed by atoms with Crippen LogP contribution in [-0.2, 0) is 33.3 Å². The van der Waals surface area contributed by atoms with Gasteiger partial charge >= 0.3 is 6.09 Å². The fourth-order valence-electron chi connectivity index (χ4n) is 6.79. The second kappa shape index (κ2) is 9.26. The monoisotopic (exact) mass is 574 g/mol. The maximum Gasteiger partial charge on any atom is 0.404 e. The third kappa shape index (κ3) is 3.54. The van der Waals surface area contributed by atoms with E-state index >= 15 is 0 Å². The van der Waals surface area contributed by atoms with Gasteiger partial charge in [0.15, 0.2) is 11.5 Å². The zero-order valence-electron chi connectivity index (χ0n) is 21.6. The average molecular weight is 575 g/mol. The molecular weight excluding hydrogens is 548 g/mol. The van der Waals surface area contributed by atoms with Crippen LogP contribution < -0.4 is 5.73 Å². The first-order valence-corrected chi connectivity index (χ1v) is 13.6. The number of nitrogens with zero attached hydrogens (tertiary/aromatic N) is 3. The number of nitro groups is 1. The van der Waals surface area contributed by atoms with Crippen molar-refractivity contribution in [2.45, 2.75) is 35.4 Å². The number of thioether (sulfide) groups is 1. The molecule has 0 saturated carbocycles. The molecule has 1 unspecified atom stereocenters. The summed E-state index contributed by atoms with van der Waals surface area (Å²) in [7, 11) is 1.43. The number of hydrogen-bond donors (Lipinski definition) is 1. The summed E-state index contributed by atoms with van der Waals surface area (Å²) in [5.74, 6) is -4.95. The van der Waals surface area contributed by atoms with E-state index < -0.39 is 52.0 Å². The third-order valence-corrected chi connectivity index (χ3v) is 9.46. The van der Waals surface area contributed by atoms with Crippen molar-refractivity contribution >= 4 is 41.0 Å². The Morgan fingerprint density at radius 1 is 1.20 bits per heavy atom. The number of Topliss-reactive ketones (excluding diaryl/α,β-unsaturated/α-hetero) is 2. The normalized spacial score (nSPS) is 31.4. The van der Waals surface area contributed by atoms with E-state index in [4.69, 9.17) is 24.7 Å². The minimum Gasteiger partial charge on any atom is -0.449 e. The number of ether oxygens (including phenoxy) is 4. The van der Waals surface area contributed by atoms with Gasteiger partial charge in [-0.15, -0.1) is 11.8 Å². The van der Waals surface area contributed by atoms with Gasteiger partial charge in [-0.25, -0.2) is 4.79 Å². The number of amides is 2. The Morgan fingerprint density at radius 3 is 2.45 bits per heavy atom. The van der Waals surface area contributed by atoms with Crippen molar-refractivity contribution in [2.24, 2.45) is 17.6 Å². The average Bonchev–Trinajstić information content (AvgIpc) is 3.20. The van der Waals surface area contributed by atoms with E-state index in [0.29, 0.717) is 4.90 Å². The molecule has 15 heteroatoms. The number of carbonyl (C=O) groups is 4. The Morgan fingerprint density at radius 2 is 1.88 bits per heavy atom. The summed E-state index contributed by atoms with van der Waals surface area (Å²) in [6, 6.07) is 5.14. The number of methoxy groups -OCH3 is 1. The Balaban J connectivity index is 1.39. The highest BCUT2D eigenvalue weighted by atomic mass is 32.2. The number of nitrogens with two attached hydrogens (primary N) is 1. The van der Waals surface area contributed by atoms with Crippen molar-refractivity contribution < 1.29 is 43.0 Å². The van der Waals surface area contributed by atoms with Gasteiger partial charge in [-0.3, -0.25) is 24.5 Å². The van der Waals surface area contributed by atoms with Gasteiger partial charge in [0.05, 0.1) is 41.7 Å². The Hall–Kier alpha value is -3.53. The standard InChI is InChI=1S/C25H26N4O10S/c1-12(30)28-17-9-27-19-18(15(10-37-23(26)33)24(27,36-2)21(17)28)22(32)25(38-7-8-39-25)16(20(19)31)11-40-14-5-3-13(4-6-14)29(34)35/h3-6,15-17,21H,7-11H2,1-2H3,(H2,26,33)/t15-,16?,17+,21+,24-,28?/m1/s1. The molecule has 0 radical (unpaired) electrons. The number of nitro benzene ring substituents is 1. The van der Waals surface area contributed by atoms with E-state index in [1.807, 2.05) is 0 Å². The molecule has 1 spiro atoms. The van der Waals surface area contributed by atoms with Crippen molar-refractivity contribution in [1.29, 1.82) is 0 Å². The molecule has 3 fully saturated rings. The van der Waals surface area contributed by atoms with E-state index in [-0.39, 0.29) is 61.0 Å². The third-order valence-electron chi connectivity index (χ3n) is 8.35. The lowest BCUT2D eigenvalue weighted by molar-refractivity contribution is -0.384. The first-order chi connectivity index (χ1) is 19.1. The fraction of sp³-hybridized carbons (Fsp3) is 0.520. The lowest BCUT2D eigenvalue weighted by atomic mass is 9.76. The van der Waals surface area contributed by atoms with Gasteiger partial charge in [0.25, 0.3) is 5.69 Å². The largest absolute Gasteiger partial charge is 0.449 e. The van der Waals surface area contributed by atoms with Gasteiger partial charge in [-0.05, 0) is 12.1 Å². The number of non-ortho nitro benzene ring substituents is 1. The van der Waals surface area contributed by atoms with Crippen LogP contribution in [0.5, 0.6) is 0 Å². The van der Waals surface area contributed by atoms with Gasteiger partial charge in [-0.1, -0.05) is 0 Å². The van der Waals surface area contributed by atoms with E-state index in [9.17, 15) is 29.3 Å². The van der Waals surface area contributed by atoms with E-state index in [1.54, 1.807) is 21.9 Å². The summed E-state index contributed by atoms with van der Waals surface area (Å²) in [5.41, 5.74) is 4.07. The van der Waals surface area contributed by atoms with Crippen LogP contribution in [-0.4, -0.2) is 101 Å². The molecule has 2 amide bonds. The zero-order valence-corrected chi connectivity index (χ0v) is 22.4. The van der Waals surface area contributed by atoms with Gasteiger partial charge in [0.1, 0.15) is 12.6 Å². The fourth-order valence-corrected chi connectivity index (χ4v) is 7.84. The molecule has 1 aliphatic carbocycles. The molecule has 14 nitrogen and oxygen atoms in total. The highest BCUT2D eigenvalue weighted by Gasteiger charge is 2.79. The predicted octanol–water partition coefficient (Wildman–Crippen LogP) is 0.435. The minimum atomic E-state index is -1.90. The second-order valence-electron chi connectivity index (χ2n) is 10.1. The molecule has 212 valence electrons. The van der Waals surface area contributed by atoms with Crippen LogP contribution in [0.1, 0.15) is 6.92 Å². The molecule has 1 aromatic rings. The number of carbonyl (C=O) groups excluding carboxylic acids is 4. The molecule has 40 heavy (non-hydrogen) atoms. The number of hydrogen-bond acceptors (Lipinski definition) is 12. The zero-order chi connectivity index (χ0) is 28.6. The smallest absolute Gasteiger partial charge is 0.404 e. The van der Waals surface area contributed by atoms with Gasteiger partial charge in [0.2, 0.25) is 17.5 Å². The van der Waals surface area contributed by atoms with Crippen molar-refractivity contribution in [3.63, 3.8) is 0 Å². The Kier molecular flexibility index (Phi) is 6.18. The number of allylic oxidation sites excluding steroid dienone is 1. The summed E-state index contributed by atoms with van der Waals surface area (Å²) in [4.78, 5) is 67.1. The number of ketones is 2. The molecule has 2 N–H and O–H groups in total. The van der Waals surface area contributed by atoms with Crippen molar-refractivity contribution in [3.8, 4) is 0 Å². The molecule has 5 atom stereocenters. The van der Waals surface area contributed by atoms with Gasteiger partial charge in [-0.2, -0.15) is 0 Å². The highest BCUT2D eigenvalue weighted by Crippen LogP contribution is 2.61. The molecule has 5 aliphatic rings. The van der Waals surface area contributed by atoms with E-state index in [1.165, 1.54) is 37.9 Å². The predicted molar refractivity (Wildman–Crippen MR) is 135 cm³/mol. The molecular formula is C25H26N4O10S. The topological polar surface area (TPSA) is 181 Å². The summed E-state index contributed by atoms with van der Waals surface area (Å²) in [5, 5.41) is 11.0. The van der Waals surface area contributed by atoms with Crippen LogP contribution in [0.2, 0.25) is 0 Å². The molecule has 1 aromatic carbocycles. The summed E-state index contributed by atoms with van der Waals surface area (Å²) >= 11 is 1.24. The Labute approximate surface area is 231 Å². The molecule has 6 rings (SSSR count). The molecule has 4 heterocycles. The van der Waals surface area contributed by atoms with Crippen molar-refractivity contribution in [3.05, 3.63) is 45.6 Å². The van der Waals surface area contributed by atoms with Crippen LogP contribution >= 0.6 is 11.8 Å². The Bertz CT molecular complexity index is 1360. The minimum absolute atomic E-state index is 0.0692. The van der Waals surface area contributed by atoms with Crippen molar-refractivity contribution in [2.75, 3.05) is 39.2 Å². The summed E-state index contributed by atoms with van der Waals surface area (Å²) in [6.07, 6.45) is -1.06. The van der Waals surface area contributed by atoms with Crippen LogP contribution in [0.4, 0.5) is 10.5 Å². The molecule has 4 aliphatic heterocycles. The van der Waals surface area contributed by atoms with Crippen LogP contribution in [0, 0.1) is 22.0 Å². The van der Waals surface area contributed by atoms with E-state index in [2.05, 4.69) is 0 Å². The quantitative estimate of drug-likeness (QED) is 0.206. The first-order valence-electron chi connectivity index (χ1n) is 12.6. The van der Waals surface area contributed by atoms with Crippen LogP contribution in [0.25, 0.3) is 0 Å². The number of fused-ring (bicyclic) bond motifs is 4. The SMILES string of the molecule is CO[C@@]12[C@H](COC(N)=O)C3=C(C(=O)C(CSc4ccc([N+](=O)[O-])cc4)C4(OCCO4)C3=O)N1C[C@H]1[C@@H]2N1C(C)=O. The van der Waals surface area contributed by atoms with Crippen LogP contribution in [0.15, 0.2) is 40.4 Å². The maximum atomic E-state index is 14.3. The summed E-state index contributed by atoms with van der Waals surface area (Å²) < 4.78 is 23.0. The van der Waals surface area contributed by atoms with Crippen molar-refractivity contribution in [1.82, 2.24) is 9.80 Å². The first kappa shape index (κ1) is 26.7. The van der Waals surface area contributed by atoms with Gasteiger partial charge in [0, 0.05) is 48.9 Å². The lowest BCUT2D eigenvalue weighted by Gasteiger charge is -2.41. The van der Waals surface area contributed by atoms with Crippen LogP contribution in [0.3, 0.4) is 0 Å². The molecule has 0 bridgehead atoms. The summed E-state index contributed by atoms with van der Waals surface area (Å²) in [6.45, 7) is 1.50. The number of primary amides is 1. The lowest BCUT2D eigenvalue weighted by Crippen LogP contribution is -2.56. The maximum absolute atomic E-state index is 14.3. The number of benzene rings is 1. The second-order valence-corrected chi connectivity index (χ2v) is 11.2. The van der Waals surface area contributed by atoms with E-state index in [0.717, 1.165) is 0 Å².